The summed E-state index contributed by atoms with van der Waals surface area (Å²) in [7, 11) is 3.43. The van der Waals surface area contributed by atoms with Crippen LogP contribution in [0.5, 0.6) is 0 Å². The maximum Gasteiger partial charge on any atom is 0.162 e. The van der Waals surface area contributed by atoms with E-state index in [9.17, 15) is 0 Å². The van der Waals surface area contributed by atoms with Crippen molar-refractivity contribution in [3.05, 3.63) is 89.0 Å². The molecule has 0 aliphatic heterocycles. The van der Waals surface area contributed by atoms with Crippen LogP contribution in [0.15, 0.2) is 71.2 Å². The Labute approximate surface area is 165 Å². The second-order valence-electron chi connectivity index (χ2n) is 6.46. The molecule has 28 heavy (non-hydrogen) atoms. The fourth-order valence-corrected chi connectivity index (χ4v) is 2.80. The molecule has 2 aromatic carbocycles. The Hall–Kier alpha value is -3.41. The van der Waals surface area contributed by atoms with Gasteiger partial charge in [0.2, 0.25) is 0 Å². The lowest BCUT2D eigenvalue weighted by Gasteiger charge is -2.11. The average molecular weight is 376 g/mol. The largest absolute Gasteiger partial charge is 0.399 e. The third-order valence-electron chi connectivity index (χ3n) is 4.39. The summed E-state index contributed by atoms with van der Waals surface area (Å²) in [5.74, 6) is 0.705. The third-order valence-corrected chi connectivity index (χ3v) is 4.39. The quantitative estimate of drug-likeness (QED) is 0.458. The molecule has 0 N–H and O–H groups in total. The van der Waals surface area contributed by atoms with Gasteiger partial charge in [0.15, 0.2) is 11.5 Å². The molecule has 6 nitrogen and oxygen atoms in total. The van der Waals surface area contributed by atoms with Gasteiger partial charge in [0.05, 0.1) is 6.21 Å². The molecule has 0 saturated carbocycles. The standard InChI is InChI=1S/C22H24N4O2/c1-16-9-11-18(12-10-16)17(2)28-24-15-19-7-5-6-8-20(19)21(25-27-4)22-23-13-14-26(22)3/h5-15,17H,1-4H3/b24-15+,25-21+. The van der Waals surface area contributed by atoms with E-state index in [1.165, 1.54) is 12.7 Å². The zero-order valence-corrected chi connectivity index (χ0v) is 16.5. The highest BCUT2D eigenvalue weighted by molar-refractivity contribution is 6.14. The summed E-state index contributed by atoms with van der Waals surface area (Å²) in [5.41, 5.74) is 4.63. The molecule has 144 valence electrons. The fourth-order valence-electron chi connectivity index (χ4n) is 2.80. The van der Waals surface area contributed by atoms with Crippen LogP contribution in [-0.4, -0.2) is 28.6 Å². The second-order valence-corrected chi connectivity index (χ2v) is 6.46. The van der Waals surface area contributed by atoms with Gasteiger partial charge in [-0.1, -0.05) is 64.4 Å². The normalized spacial score (nSPS) is 12.9. The average Bonchev–Trinajstić information content (AvgIpc) is 3.13. The molecule has 3 rings (SSSR count). The van der Waals surface area contributed by atoms with E-state index in [1.807, 2.05) is 61.1 Å². The first kappa shape index (κ1) is 19.4. The van der Waals surface area contributed by atoms with E-state index in [0.29, 0.717) is 11.5 Å². The molecule has 6 heteroatoms. The van der Waals surface area contributed by atoms with Crippen molar-refractivity contribution in [2.75, 3.05) is 7.11 Å². The highest BCUT2D eigenvalue weighted by atomic mass is 16.6. The van der Waals surface area contributed by atoms with Crippen LogP contribution in [0.1, 0.15) is 41.1 Å². The van der Waals surface area contributed by atoms with Gasteiger partial charge >= 0.3 is 0 Å². The van der Waals surface area contributed by atoms with E-state index in [0.717, 1.165) is 16.7 Å². The number of rotatable bonds is 7. The summed E-state index contributed by atoms with van der Waals surface area (Å²) in [4.78, 5) is 15.1. The molecule has 0 amide bonds. The molecule has 1 atom stereocenters. The summed E-state index contributed by atoms with van der Waals surface area (Å²) in [6.45, 7) is 4.03. The molecular weight excluding hydrogens is 352 g/mol. The second kappa shape index (κ2) is 8.99. The number of hydrogen-bond acceptors (Lipinski definition) is 5. The molecule has 1 unspecified atom stereocenters. The van der Waals surface area contributed by atoms with Gasteiger partial charge in [-0.05, 0) is 19.4 Å². The first-order valence-corrected chi connectivity index (χ1v) is 9.04. The minimum Gasteiger partial charge on any atom is -0.399 e. The number of aryl methyl sites for hydroxylation is 2. The zero-order valence-electron chi connectivity index (χ0n) is 16.5. The van der Waals surface area contributed by atoms with Crippen LogP contribution in [0, 0.1) is 6.92 Å². The molecule has 0 aliphatic carbocycles. The molecule has 0 aliphatic rings. The SMILES string of the molecule is CO/N=C(\c1ccccc1/C=N/OC(C)c1ccc(C)cc1)c1nccn1C. The van der Waals surface area contributed by atoms with Crippen molar-refractivity contribution in [2.45, 2.75) is 20.0 Å². The Morgan fingerprint density at radius 1 is 1.14 bits per heavy atom. The maximum absolute atomic E-state index is 5.66. The number of oxime groups is 2. The van der Waals surface area contributed by atoms with E-state index >= 15 is 0 Å². The van der Waals surface area contributed by atoms with E-state index < -0.39 is 0 Å². The number of benzene rings is 2. The molecular formula is C22H24N4O2. The highest BCUT2D eigenvalue weighted by Gasteiger charge is 2.16. The summed E-state index contributed by atoms with van der Waals surface area (Å²) in [5, 5.41) is 8.39. The van der Waals surface area contributed by atoms with Crippen LogP contribution in [0.25, 0.3) is 0 Å². The van der Waals surface area contributed by atoms with Crippen LogP contribution in [0.3, 0.4) is 0 Å². The summed E-state index contributed by atoms with van der Waals surface area (Å²) in [6, 6.07) is 16.0. The summed E-state index contributed by atoms with van der Waals surface area (Å²) < 4.78 is 1.89. The molecule has 0 saturated heterocycles. The van der Waals surface area contributed by atoms with Crippen molar-refractivity contribution in [1.29, 1.82) is 0 Å². The number of aromatic nitrogens is 2. The molecule has 0 bridgehead atoms. The van der Waals surface area contributed by atoms with Gasteiger partial charge in [0.25, 0.3) is 0 Å². The number of imidazole rings is 1. The van der Waals surface area contributed by atoms with Gasteiger partial charge in [0, 0.05) is 30.6 Å². The lowest BCUT2D eigenvalue weighted by molar-refractivity contribution is 0.0736. The smallest absolute Gasteiger partial charge is 0.162 e. The zero-order chi connectivity index (χ0) is 19.9. The van der Waals surface area contributed by atoms with Crippen molar-refractivity contribution < 1.29 is 9.68 Å². The predicted molar refractivity (Wildman–Crippen MR) is 111 cm³/mol. The topological polar surface area (TPSA) is 61.0 Å². The number of hydrogen-bond donors (Lipinski definition) is 0. The highest BCUT2D eigenvalue weighted by Crippen LogP contribution is 2.18. The Morgan fingerprint density at radius 2 is 1.89 bits per heavy atom. The van der Waals surface area contributed by atoms with Crippen LogP contribution in [0.2, 0.25) is 0 Å². The van der Waals surface area contributed by atoms with E-state index in [4.69, 9.17) is 9.68 Å². The first-order valence-electron chi connectivity index (χ1n) is 9.04. The molecule has 0 fully saturated rings. The summed E-state index contributed by atoms with van der Waals surface area (Å²) >= 11 is 0. The Kier molecular flexibility index (Phi) is 6.22. The van der Waals surface area contributed by atoms with Crippen LogP contribution >= 0.6 is 0 Å². The maximum atomic E-state index is 5.66. The van der Waals surface area contributed by atoms with Crippen molar-refractivity contribution >= 4 is 11.9 Å². The van der Waals surface area contributed by atoms with E-state index in [2.05, 4.69) is 34.4 Å². The first-order chi connectivity index (χ1) is 13.6. The van der Waals surface area contributed by atoms with Crippen LogP contribution in [-0.2, 0) is 16.7 Å². The number of nitrogens with zero attached hydrogens (tertiary/aromatic N) is 4. The Bertz CT molecular complexity index is 974. The lowest BCUT2D eigenvalue weighted by atomic mass is 10.0. The predicted octanol–water partition coefficient (Wildman–Crippen LogP) is 4.24. The van der Waals surface area contributed by atoms with Gasteiger partial charge < -0.3 is 14.2 Å². The lowest BCUT2D eigenvalue weighted by Crippen LogP contribution is -2.13. The van der Waals surface area contributed by atoms with Gasteiger partial charge in [-0.3, -0.25) is 0 Å². The van der Waals surface area contributed by atoms with Crippen molar-refractivity contribution in [1.82, 2.24) is 9.55 Å². The molecule has 0 spiro atoms. The molecule has 0 radical (unpaired) electrons. The van der Waals surface area contributed by atoms with Gasteiger partial charge in [0.1, 0.15) is 13.2 Å². The Balaban J connectivity index is 1.83. The van der Waals surface area contributed by atoms with E-state index in [-0.39, 0.29) is 6.10 Å². The Morgan fingerprint density at radius 3 is 2.57 bits per heavy atom. The van der Waals surface area contributed by atoms with Crippen LogP contribution in [0.4, 0.5) is 0 Å². The minimum atomic E-state index is -0.148. The van der Waals surface area contributed by atoms with Gasteiger partial charge in [-0.25, -0.2) is 4.98 Å². The molecule has 3 aromatic rings. The fraction of sp³-hybridized carbons (Fsp3) is 0.227. The molecule has 1 aromatic heterocycles. The monoisotopic (exact) mass is 376 g/mol. The minimum absolute atomic E-state index is 0.148. The summed E-state index contributed by atoms with van der Waals surface area (Å²) in [6.07, 6.45) is 5.13. The van der Waals surface area contributed by atoms with Crippen molar-refractivity contribution in [3.63, 3.8) is 0 Å². The van der Waals surface area contributed by atoms with Gasteiger partial charge in [-0.15, -0.1) is 0 Å². The van der Waals surface area contributed by atoms with E-state index in [1.54, 1.807) is 12.4 Å². The third kappa shape index (κ3) is 4.46. The van der Waals surface area contributed by atoms with Crippen molar-refractivity contribution in [2.24, 2.45) is 17.4 Å². The van der Waals surface area contributed by atoms with Gasteiger partial charge in [-0.2, -0.15) is 0 Å². The van der Waals surface area contributed by atoms with Crippen molar-refractivity contribution in [3.8, 4) is 0 Å². The molecule has 1 heterocycles. The van der Waals surface area contributed by atoms with Crippen LogP contribution < -0.4 is 0 Å².